The van der Waals surface area contributed by atoms with Crippen LogP contribution in [0.15, 0.2) is 29.2 Å². The van der Waals surface area contributed by atoms with Crippen LogP contribution in [-0.4, -0.2) is 19.5 Å². The smallest absolute Gasteiger partial charge is 0.325 e. The Bertz CT molecular complexity index is 898. The summed E-state index contributed by atoms with van der Waals surface area (Å²) >= 11 is 0. The van der Waals surface area contributed by atoms with Crippen molar-refractivity contribution in [2.24, 2.45) is 23.0 Å². The molecule has 1 aromatic carbocycles. The highest BCUT2D eigenvalue weighted by atomic mass is 32.2. The van der Waals surface area contributed by atoms with Gasteiger partial charge in [-0.05, 0) is 74.0 Å². The molecule has 0 saturated heterocycles. The SMILES string of the molecule is NC12CC3CC4(NS(=O)(=O)c5cccc(C(F)(F)F)c5)CC(C1)C4(C3)C2. The van der Waals surface area contributed by atoms with Crippen molar-refractivity contribution >= 4 is 10.0 Å². The Hall–Kier alpha value is -1.12. The molecule has 4 aliphatic rings. The summed E-state index contributed by atoms with van der Waals surface area (Å²) in [6.45, 7) is 0. The summed E-state index contributed by atoms with van der Waals surface area (Å²) in [5.41, 5.74) is 4.76. The Morgan fingerprint density at radius 1 is 1.12 bits per heavy atom. The number of nitrogens with two attached hydrogens (primary N) is 1. The van der Waals surface area contributed by atoms with E-state index in [4.69, 9.17) is 5.73 Å². The minimum absolute atomic E-state index is 0.0978. The molecule has 0 radical (unpaired) electrons. The van der Waals surface area contributed by atoms with Gasteiger partial charge in [0.1, 0.15) is 0 Å². The van der Waals surface area contributed by atoms with Crippen molar-refractivity contribution in [2.45, 2.75) is 60.7 Å². The van der Waals surface area contributed by atoms with Crippen LogP contribution >= 0.6 is 0 Å². The Labute approximate surface area is 150 Å². The molecule has 3 bridgehead atoms. The van der Waals surface area contributed by atoms with Crippen LogP contribution in [0.5, 0.6) is 0 Å². The number of halogens is 3. The fraction of sp³-hybridized carbons (Fsp3) is 0.667. The molecule has 0 heterocycles. The largest absolute Gasteiger partial charge is 0.416 e. The molecule has 4 nitrogen and oxygen atoms in total. The second kappa shape index (κ2) is 4.64. The lowest BCUT2D eigenvalue weighted by molar-refractivity contribution is -0.137. The molecule has 0 aliphatic heterocycles. The van der Waals surface area contributed by atoms with Gasteiger partial charge in [-0.2, -0.15) is 13.2 Å². The van der Waals surface area contributed by atoms with Crippen molar-refractivity contribution in [1.29, 1.82) is 0 Å². The van der Waals surface area contributed by atoms with Crippen LogP contribution in [-0.2, 0) is 16.2 Å². The molecular formula is C18H21F3N2O2S. The topological polar surface area (TPSA) is 72.2 Å². The second-order valence-corrected chi connectivity index (χ2v) is 10.7. The number of nitrogens with one attached hydrogen (secondary N) is 1. The van der Waals surface area contributed by atoms with E-state index in [-0.39, 0.29) is 15.8 Å². The number of fused-ring (bicyclic) bond motifs is 2. The lowest BCUT2D eigenvalue weighted by atomic mass is 9.51. The van der Waals surface area contributed by atoms with Gasteiger partial charge in [-0.25, -0.2) is 13.1 Å². The highest BCUT2D eigenvalue weighted by molar-refractivity contribution is 7.89. The molecule has 8 heteroatoms. The standard InChI is InChI=1S/C18H21F3N2O2S/c19-18(20,21)12-2-1-3-14(4-12)26(24,25)23-17-7-11-5-15(22)8-13(9-17)16(17,6-11)10-15/h1-4,11,13,23H,5-10,22H2. The zero-order chi connectivity index (χ0) is 18.6. The minimum Gasteiger partial charge on any atom is -0.325 e. The quantitative estimate of drug-likeness (QED) is 0.839. The molecule has 5 atom stereocenters. The van der Waals surface area contributed by atoms with Crippen LogP contribution in [0.4, 0.5) is 13.2 Å². The van der Waals surface area contributed by atoms with Gasteiger partial charge < -0.3 is 5.73 Å². The fourth-order valence-electron chi connectivity index (χ4n) is 6.87. The predicted octanol–water partition coefficient (Wildman–Crippen LogP) is 3.03. The van der Waals surface area contributed by atoms with Crippen LogP contribution in [0, 0.1) is 17.3 Å². The first-order valence-corrected chi connectivity index (χ1v) is 10.5. The van der Waals surface area contributed by atoms with Crippen LogP contribution < -0.4 is 10.5 Å². The molecule has 0 amide bonds. The summed E-state index contributed by atoms with van der Waals surface area (Å²) in [7, 11) is -4.03. The summed E-state index contributed by atoms with van der Waals surface area (Å²) in [6.07, 6.45) is 0.614. The van der Waals surface area contributed by atoms with E-state index in [1.54, 1.807) is 0 Å². The van der Waals surface area contributed by atoms with Gasteiger partial charge in [0.05, 0.1) is 10.5 Å². The van der Waals surface area contributed by atoms with Gasteiger partial charge in [-0.1, -0.05) is 6.07 Å². The molecule has 5 rings (SSSR count). The van der Waals surface area contributed by atoms with Crippen molar-refractivity contribution in [1.82, 2.24) is 4.72 Å². The maximum absolute atomic E-state index is 13.0. The third-order valence-electron chi connectivity index (χ3n) is 7.44. The normalized spacial score (nSPS) is 43.4. The van der Waals surface area contributed by atoms with Crippen molar-refractivity contribution in [2.75, 3.05) is 0 Å². The number of sulfonamides is 1. The van der Waals surface area contributed by atoms with Crippen LogP contribution in [0.3, 0.4) is 0 Å². The first kappa shape index (κ1) is 17.0. The third-order valence-corrected chi connectivity index (χ3v) is 8.97. The molecule has 0 aromatic heterocycles. The third kappa shape index (κ3) is 2.06. The van der Waals surface area contributed by atoms with Crippen LogP contribution in [0.1, 0.15) is 44.1 Å². The van der Waals surface area contributed by atoms with Crippen LogP contribution in [0.2, 0.25) is 0 Å². The summed E-state index contributed by atoms with van der Waals surface area (Å²) in [6, 6.07) is 3.98. The molecule has 4 saturated carbocycles. The van der Waals surface area contributed by atoms with E-state index < -0.39 is 27.3 Å². The zero-order valence-corrected chi connectivity index (χ0v) is 15.0. The predicted molar refractivity (Wildman–Crippen MR) is 88.5 cm³/mol. The van der Waals surface area contributed by atoms with Gasteiger partial charge in [0.2, 0.25) is 10.0 Å². The van der Waals surface area contributed by atoms with E-state index in [9.17, 15) is 21.6 Å². The van der Waals surface area contributed by atoms with Crippen molar-refractivity contribution in [3.05, 3.63) is 29.8 Å². The van der Waals surface area contributed by atoms with E-state index in [1.807, 2.05) is 0 Å². The molecule has 26 heavy (non-hydrogen) atoms. The first-order chi connectivity index (χ1) is 12.0. The maximum Gasteiger partial charge on any atom is 0.416 e. The van der Waals surface area contributed by atoms with E-state index in [1.165, 1.54) is 6.07 Å². The number of rotatable bonds is 3. The second-order valence-electron chi connectivity index (χ2n) is 8.99. The summed E-state index contributed by atoms with van der Waals surface area (Å²) in [5.74, 6) is 0.842. The Kier molecular flexibility index (Phi) is 3.04. The number of hydrogen-bond acceptors (Lipinski definition) is 3. The monoisotopic (exact) mass is 386 g/mol. The number of hydrogen-bond donors (Lipinski definition) is 2. The van der Waals surface area contributed by atoms with Gasteiger partial charge >= 0.3 is 6.18 Å². The molecule has 4 fully saturated rings. The molecule has 4 aliphatic carbocycles. The molecule has 1 spiro atoms. The number of alkyl halides is 3. The van der Waals surface area contributed by atoms with E-state index in [2.05, 4.69) is 4.72 Å². The summed E-state index contributed by atoms with van der Waals surface area (Å²) in [5, 5.41) is 0. The molecule has 3 N–H and O–H groups in total. The van der Waals surface area contributed by atoms with E-state index in [0.717, 1.165) is 56.7 Å². The molecule has 142 valence electrons. The summed E-state index contributed by atoms with van der Waals surface area (Å²) < 4.78 is 67.6. The average molecular weight is 386 g/mol. The lowest BCUT2D eigenvalue weighted by Gasteiger charge is -2.58. The highest BCUT2D eigenvalue weighted by Gasteiger charge is 2.77. The van der Waals surface area contributed by atoms with E-state index >= 15 is 0 Å². The Morgan fingerprint density at radius 2 is 1.88 bits per heavy atom. The van der Waals surface area contributed by atoms with Crippen molar-refractivity contribution in [3.8, 4) is 0 Å². The Morgan fingerprint density at radius 3 is 2.62 bits per heavy atom. The van der Waals surface area contributed by atoms with Gasteiger partial charge in [0.25, 0.3) is 0 Å². The maximum atomic E-state index is 13.0. The minimum atomic E-state index is -4.57. The number of benzene rings is 1. The van der Waals surface area contributed by atoms with Gasteiger partial charge in [0, 0.05) is 11.1 Å². The lowest BCUT2D eigenvalue weighted by Crippen LogP contribution is -2.67. The summed E-state index contributed by atoms with van der Waals surface area (Å²) in [4.78, 5) is -0.319. The average Bonchev–Trinajstić information content (AvgIpc) is 2.79. The van der Waals surface area contributed by atoms with E-state index in [0.29, 0.717) is 11.8 Å². The molecule has 5 unspecified atom stereocenters. The highest BCUT2D eigenvalue weighted by Crippen LogP contribution is 2.77. The van der Waals surface area contributed by atoms with Gasteiger partial charge in [0.15, 0.2) is 0 Å². The zero-order valence-electron chi connectivity index (χ0n) is 14.1. The molecular weight excluding hydrogens is 365 g/mol. The van der Waals surface area contributed by atoms with Crippen molar-refractivity contribution in [3.63, 3.8) is 0 Å². The van der Waals surface area contributed by atoms with Crippen LogP contribution in [0.25, 0.3) is 0 Å². The molecule has 1 aromatic rings. The Balaban J connectivity index is 1.49. The van der Waals surface area contributed by atoms with Gasteiger partial charge in [-0.15, -0.1) is 0 Å². The van der Waals surface area contributed by atoms with Crippen molar-refractivity contribution < 1.29 is 21.6 Å². The van der Waals surface area contributed by atoms with Gasteiger partial charge in [-0.3, -0.25) is 0 Å². The fourth-order valence-corrected chi connectivity index (χ4v) is 8.41. The first-order valence-electron chi connectivity index (χ1n) is 8.97.